The fourth-order valence-electron chi connectivity index (χ4n) is 4.51. The van der Waals surface area contributed by atoms with Gasteiger partial charge in [-0.05, 0) is 73.4 Å². The Morgan fingerprint density at radius 2 is 1.58 bits per heavy atom. The SMILES string of the molecule is CCOc1ccc(C2/C(=C(/O)c3ccc(OCC)c(C(C)C)c3)C(=O)C(=O)N2c2ccccc2)cc1. The van der Waals surface area contributed by atoms with E-state index in [-0.39, 0.29) is 17.3 Å². The van der Waals surface area contributed by atoms with E-state index >= 15 is 0 Å². The normalized spacial score (nSPS) is 17.0. The van der Waals surface area contributed by atoms with Gasteiger partial charge in [0.05, 0.1) is 24.8 Å². The van der Waals surface area contributed by atoms with Crippen LogP contribution in [0.5, 0.6) is 11.5 Å². The lowest BCUT2D eigenvalue weighted by Crippen LogP contribution is -2.29. The van der Waals surface area contributed by atoms with Gasteiger partial charge in [-0.15, -0.1) is 0 Å². The summed E-state index contributed by atoms with van der Waals surface area (Å²) in [5.41, 5.74) is 2.69. The molecule has 1 unspecified atom stereocenters. The van der Waals surface area contributed by atoms with Gasteiger partial charge in [-0.25, -0.2) is 0 Å². The second-order valence-electron chi connectivity index (χ2n) is 8.85. The standard InChI is InChI=1S/C30H31NO5/c1-5-35-23-15-12-20(13-16-23)27-26(29(33)30(34)31(27)22-10-8-7-9-11-22)28(32)21-14-17-25(36-6-2)24(18-21)19(3)4/h7-19,27,32H,5-6H2,1-4H3/b28-26-. The molecule has 1 aliphatic heterocycles. The highest BCUT2D eigenvalue weighted by atomic mass is 16.5. The van der Waals surface area contributed by atoms with E-state index in [1.165, 1.54) is 4.90 Å². The second-order valence-corrected chi connectivity index (χ2v) is 8.85. The van der Waals surface area contributed by atoms with E-state index in [1.807, 2.05) is 64.1 Å². The lowest BCUT2D eigenvalue weighted by molar-refractivity contribution is -0.132. The summed E-state index contributed by atoms with van der Waals surface area (Å²) in [5, 5.41) is 11.5. The van der Waals surface area contributed by atoms with Crippen LogP contribution < -0.4 is 14.4 Å². The Hall–Kier alpha value is -4.06. The Kier molecular flexibility index (Phi) is 7.44. The summed E-state index contributed by atoms with van der Waals surface area (Å²) in [6.07, 6.45) is 0. The lowest BCUT2D eigenvalue weighted by atomic mass is 9.93. The molecule has 1 atom stereocenters. The second kappa shape index (κ2) is 10.7. The number of rotatable bonds is 8. The summed E-state index contributed by atoms with van der Waals surface area (Å²) in [7, 11) is 0. The van der Waals surface area contributed by atoms with E-state index in [4.69, 9.17) is 9.47 Å². The molecule has 1 amide bonds. The van der Waals surface area contributed by atoms with Crippen LogP contribution in [0.3, 0.4) is 0 Å². The summed E-state index contributed by atoms with van der Waals surface area (Å²) in [4.78, 5) is 28.1. The van der Waals surface area contributed by atoms with E-state index in [0.29, 0.717) is 35.8 Å². The van der Waals surface area contributed by atoms with Crippen LogP contribution in [0.25, 0.3) is 5.76 Å². The van der Waals surface area contributed by atoms with Crippen LogP contribution in [0.4, 0.5) is 5.69 Å². The number of hydrogen-bond donors (Lipinski definition) is 1. The quantitative estimate of drug-likeness (QED) is 0.232. The van der Waals surface area contributed by atoms with Crippen LogP contribution in [0.2, 0.25) is 0 Å². The molecule has 0 aromatic heterocycles. The summed E-state index contributed by atoms with van der Waals surface area (Å²) < 4.78 is 11.3. The van der Waals surface area contributed by atoms with Crippen molar-refractivity contribution in [2.24, 2.45) is 0 Å². The van der Waals surface area contributed by atoms with E-state index in [2.05, 4.69) is 0 Å². The zero-order chi connectivity index (χ0) is 25.8. The van der Waals surface area contributed by atoms with Crippen molar-refractivity contribution in [2.45, 2.75) is 39.7 Å². The monoisotopic (exact) mass is 485 g/mol. The largest absolute Gasteiger partial charge is 0.507 e. The fraction of sp³-hybridized carbons (Fsp3) is 0.267. The van der Waals surface area contributed by atoms with Crippen LogP contribution in [0.15, 0.2) is 78.4 Å². The van der Waals surface area contributed by atoms with Gasteiger partial charge in [-0.1, -0.05) is 44.2 Å². The topological polar surface area (TPSA) is 76.1 Å². The van der Waals surface area contributed by atoms with Crippen LogP contribution in [-0.4, -0.2) is 30.0 Å². The van der Waals surface area contributed by atoms with Gasteiger partial charge in [0, 0.05) is 11.3 Å². The molecule has 1 saturated heterocycles. The van der Waals surface area contributed by atoms with Crippen molar-refractivity contribution in [1.82, 2.24) is 0 Å². The molecule has 36 heavy (non-hydrogen) atoms. The number of aliphatic hydroxyl groups excluding tert-OH is 1. The molecule has 1 fully saturated rings. The smallest absolute Gasteiger partial charge is 0.300 e. The van der Waals surface area contributed by atoms with Gasteiger partial charge in [0.25, 0.3) is 11.7 Å². The first-order valence-electron chi connectivity index (χ1n) is 12.2. The predicted octanol–water partition coefficient (Wildman–Crippen LogP) is 6.23. The van der Waals surface area contributed by atoms with Crippen molar-refractivity contribution in [1.29, 1.82) is 0 Å². The molecule has 1 heterocycles. The third kappa shape index (κ3) is 4.71. The van der Waals surface area contributed by atoms with Gasteiger partial charge in [0.15, 0.2) is 0 Å². The van der Waals surface area contributed by atoms with Crippen molar-refractivity contribution in [3.05, 3.63) is 95.1 Å². The van der Waals surface area contributed by atoms with Gasteiger partial charge < -0.3 is 14.6 Å². The molecule has 0 bridgehead atoms. The van der Waals surface area contributed by atoms with Gasteiger partial charge in [0.1, 0.15) is 17.3 Å². The number of amides is 1. The zero-order valence-corrected chi connectivity index (χ0v) is 21.0. The Bertz CT molecular complexity index is 1280. The Morgan fingerprint density at radius 3 is 2.19 bits per heavy atom. The lowest BCUT2D eigenvalue weighted by Gasteiger charge is -2.25. The van der Waals surface area contributed by atoms with Crippen molar-refractivity contribution in [3.8, 4) is 11.5 Å². The molecule has 0 radical (unpaired) electrons. The number of hydrogen-bond acceptors (Lipinski definition) is 5. The third-order valence-electron chi connectivity index (χ3n) is 6.19. The number of ketones is 1. The molecular weight excluding hydrogens is 454 g/mol. The Balaban J connectivity index is 1.90. The van der Waals surface area contributed by atoms with Crippen LogP contribution in [0.1, 0.15) is 56.3 Å². The summed E-state index contributed by atoms with van der Waals surface area (Å²) in [6, 6.07) is 20.8. The first kappa shape index (κ1) is 25.0. The number of aliphatic hydroxyl groups is 1. The highest BCUT2D eigenvalue weighted by Gasteiger charge is 2.47. The van der Waals surface area contributed by atoms with Crippen molar-refractivity contribution < 1.29 is 24.2 Å². The first-order chi connectivity index (χ1) is 17.4. The van der Waals surface area contributed by atoms with E-state index in [9.17, 15) is 14.7 Å². The van der Waals surface area contributed by atoms with Gasteiger partial charge in [0.2, 0.25) is 0 Å². The van der Waals surface area contributed by atoms with Crippen molar-refractivity contribution in [2.75, 3.05) is 18.1 Å². The molecule has 6 heteroatoms. The number of para-hydroxylation sites is 1. The number of nitrogens with zero attached hydrogens (tertiary/aromatic N) is 1. The fourth-order valence-corrected chi connectivity index (χ4v) is 4.51. The molecule has 186 valence electrons. The molecular formula is C30H31NO5. The van der Waals surface area contributed by atoms with E-state index in [0.717, 1.165) is 11.3 Å². The molecule has 0 saturated carbocycles. The maximum Gasteiger partial charge on any atom is 0.300 e. The molecule has 1 aliphatic rings. The minimum atomic E-state index is -0.794. The van der Waals surface area contributed by atoms with Crippen LogP contribution >= 0.6 is 0 Å². The highest BCUT2D eigenvalue weighted by Crippen LogP contribution is 2.43. The number of ether oxygens (including phenoxy) is 2. The highest BCUT2D eigenvalue weighted by molar-refractivity contribution is 6.51. The molecule has 4 rings (SSSR count). The number of anilines is 1. The summed E-state index contributed by atoms with van der Waals surface area (Å²) in [6.45, 7) is 8.94. The summed E-state index contributed by atoms with van der Waals surface area (Å²) in [5.74, 6) is -0.0710. The van der Waals surface area contributed by atoms with Crippen LogP contribution in [-0.2, 0) is 9.59 Å². The van der Waals surface area contributed by atoms with Gasteiger partial charge in [-0.2, -0.15) is 0 Å². The molecule has 0 aliphatic carbocycles. The minimum Gasteiger partial charge on any atom is -0.507 e. The number of carbonyl (C=O) groups excluding carboxylic acids is 2. The summed E-state index contributed by atoms with van der Waals surface area (Å²) >= 11 is 0. The molecule has 1 N–H and O–H groups in total. The third-order valence-corrected chi connectivity index (χ3v) is 6.19. The molecule has 3 aromatic rings. The zero-order valence-electron chi connectivity index (χ0n) is 21.0. The number of Topliss-reactive ketones (excluding diaryl/α,β-unsaturated/α-hetero) is 1. The van der Waals surface area contributed by atoms with Gasteiger partial charge >= 0.3 is 0 Å². The minimum absolute atomic E-state index is 0.0480. The van der Waals surface area contributed by atoms with Crippen molar-refractivity contribution >= 4 is 23.1 Å². The van der Waals surface area contributed by atoms with Crippen LogP contribution in [0, 0.1) is 0 Å². The average Bonchev–Trinajstić information content (AvgIpc) is 3.15. The first-order valence-corrected chi connectivity index (χ1v) is 12.2. The van der Waals surface area contributed by atoms with E-state index in [1.54, 1.807) is 36.4 Å². The molecule has 3 aromatic carbocycles. The molecule has 0 spiro atoms. The van der Waals surface area contributed by atoms with Gasteiger partial charge in [-0.3, -0.25) is 14.5 Å². The average molecular weight is 486 g/mol. The Labute approximate surface area is 211 Å². The number of carbonyl (C=O) groups is 2. The van der Waals surface area contributed by atoms with Crippen molar-refractivity contribution in [3.63, 3.8) is 0 Å². The maximum atomic E-state index is 13.4. The Morgan fingerprint density at radius 1 is 0.917 bits per heavy atom. The van der Waals surface area contributed by atoms with E-state index < -0.39 is 17.7 Å². The maximum absolute atomic E-state index is 13.4. The number of benzene rings is 3. The molecule has 6 nitrogen and oxygen atoms in total. The predicted molar refractivity (Wildman–Crippen MR) is 141 cm³/mol.